The van der Waals surface area contributed by atoms with Crippen LogP contribution in [-0.2, 0) is 13.6 Å². The minimum absolute atomic E-state index is 0.225. The number of hydrogen-bond acceptors (Lipinski definition) is 4. The molecule has 1 atom stereocenters. The number of aliphatic hydroxyl groups excluding tert-OH is 1. The molecule has 1 unspecified atom stereocenters. The summed E-state index contributed by atoms with van der Waals surface area (Å²) in [7, 11) is -5.09. The molecule has 94 valence electrons. The second-order valence-corrected chi connectivity index (χ2v) is 11.1. The summed E-state index contributed by atoms with van der Waals surface area (Å²) in [5, 5.41) is 9.73. The van der Waals surface area contributed by atoms with Crippen molar-refractivity contribution >= 4 is 15.7 Å². The van der Waals surface area contributed by atoms with E-state index in [1.165, 1.54) is 0 Å². The average molecular weight is 264 g/mol. The lowest BCUT2D eigenvalue weighted by Gasteiger charge is -2.18. The molecule has 0 fully saturated rings. The number of rotatable bonds is 5. The maximum absolute atomic E-state index is 12.0. The summed E-state index contributed by atoms with van der Waals surface area (Å²) in [6.07, 6.45) is 0. The Morgan fingerprint density at radius 3 is 2.00 bits per heavy atom. The first kappa shape index (κ1) is 15.9. The third kappa shape index (κ3) is 5.83. The van der Waals surface area contributed by atoms with E-state index in [9.17, 15) is 9.67 Å². The quantitative estimate of drug-likeness (QED) is 0.471. The second kappa shape index (κ2) is 6.58. The second-order valence-electron chi connectivity index (χ2n) is 4.27. The van der Waals surface area contributed by atoms with E-state index in [-0.39, 0.29) is 13.2 Å². The first-order valence-electron chi connectivity index (χ1n) is 5.34. The van der Waals surface area contributed by atoms with Crippen molar-refractivity contribution in [3.8, 4) is 11.5 Å². The molecule has 0 rings (SSSR count). The zero-order chi connectivity index (χ0) is 12.8. The first-order valence-corrected chi connectivity index (χ1v) is 10.5. The molecule has 0 saturated carbocycles. The Balaban J connectivity index is 4.80. The van der Waals surface area contributed by atoms with Crippen LogP contribution < -0.4 is 0 Å². The van der Waals surface area contributed by atoms with Crippen molar-refractivity contribution in [1.82, 2.24) is 0 Å². The molecule has 0 aliphatic heterocycles. The molecule has 0 radical (unpaired) electrons. The highest BCUT2D eigenvalue weighted by Gasteiger charge is 2.32. The van der Waals surface area contributed by atoms with Gasteiger partial charge in [-0.3, -0.25) is 4.57 Å². The average Bonchev–Trinajstić information content (AvgIpc) is 2.13. The SMILES string of the molecule is CCOP(=O)(OCC)C(O)C#C[Si](C)(C)C. The molecule has 0 bridgehead atoms. The summed E-state index contributed by atoms with van der Waals surface area (Å²) < 4.78 is 22.0. The van der Waals surface area contributed by atoms with Gasteiger partial charge in [0.2, 0.25) is 5.85 Å². The Kier molecular flexibility index (Phi) is 6.53. The summed E-state index contributed by atoms with van der Waals surface area (Å²) in [4.78, 5) is 0. The normalized spacial score (nSPS) is 14.1. The van der Waals surface area contributed by atoms with Gasteiger partial charge < -0.3 is 14.2 Å². The van der Waals surface area contributed by atoms with Crippen LogP contribution in [0.5, 0.6) is 0 Å². The van der Waals surface area contributed by atoms with Crippen LogP contribution in [0.25, 0.3) is 0 Å². The van der Waals surface area contributed by atoms with Gasteiger partial charge in [-0.15, -0.1) is 5.54 Å². The van der Waals surface area contributed by atoms with Crippen LogP contribution in [-0.4, -0.2) is 32.2 Å². The molecule has 6 heteroatoms. The van der Waals surface area contributed by atoms with Crippen molar-refractivity contribution in [1.29, 1.82) is 0 Å². The lowest BCUT2D eigenvalue weighted by atomic mass is 10.8. The van der Waals surface area contributed by atoms with Crippen LogP contribution in [0.4, 0.5) is 0 Å². The minimum atomic E-state index is -3.49. The molecule has 0 heterocycles. The van der Waals surface area contributed by atoms with E-state index in [0.717, 1.165) is 0 Å². The Labute approximate surface area is 98.9 Å². The van der Waals surface area contributed by atoms with Crippen molar-refractivity contribution in [2.75, 3.05) is 13.2 Å². The lowest BCUT2D eigenvalue weighted by Crippen LogP contribution is -2.18. The fourth-order valence-electron chi connectivity index (χ4n) is 0.898. The van der Waals surface area contributed by atoms with Crippen LogP contribution in [0, 0.1) is 11.5 Å². The molecule has 1 N–H and O–H groups in total. The van der Waals surface area contributed by atoms with E-state index < -0.39 is 21.5 Å². The summed E-state index contributed by atoms with van der Waals surface area (Å²) >= 11 is 0. The molecule has 16 heavy (non-hydrogen) atoms. The van der Waals surface area contributed by atoms with E-state index in [0.29, 0.717) is 0 Å². The molecule has 0 aromatic carbocycles. The summed E-state index contributed by atoms with van der Waals surface area (Å²) in [6, 6.07) is 0. The Bertz CT molecular complexity index is 303. The highest BCUT2D eigenvalue weighted by atomic mass is 31.2. The lowest BCUT2D eigenvalue weighted by molar-refractivity contribution is 0.172. The zero-order valence-corrected chi connectivity index (χ0v) is 12.5. The highest BCUT2D eigenvalue weighted by molar-refractivity contribution is 7.54. The van der Waals surface area contributed by atoms with Crippen molar-refractivity contribution in [3.05, 3.63) is 0 Å². The van der Waals surface area contributed by atoms with E-state index in [2.05, 4.69) is 11.5 Å². The largest absolute Gasteiger partial charge is 0.371 e. The van der Waals surface area contributed by atoms with Gasteiger partial charge in [0.05, 0.1) is 13.2 Å². The van der Waals surface area contributed by atoms with Gasteiger partial charge in [-0.05, 0) is 13.8 Å². The van der Waals surface area contributed by atoms with Crippen molar-refractivity contribution in [3.63, 3.8) is 0 Å². The van der Waals surface area contributed by atoms with Crippen LogP contribution >= 0.6 is 7.60 Å². The van der Waals surface area contributed by atoms with E-state index in [1.807, 2.05) is 19.6 Å². The van der Waals surface area contributed by atoms with E-state index in [1.54, 1.807) is 13.8 Å². The molecular formula is C10H21O4PSi. The fourth-order valence-corrected chi connectivity index (χ4v) is 2.89. The predicted octanol–water partition coefficient (Wildman–Crippen LogP) is 2.45. The smallest absolute Gasteiger partial charge is 0.370 e. The summed E-state index contributed by atoms with van der Waals surface area (Å²) in [5.74, 6) is 1.24. The van der Waals surface area contributed by atoms with Crippen molar-refractivity contribution in [2.45, 2.75) is 39.3 Å². The van der Waals surface area contributed by atoms with Crippen LogP contribution in [0.3, 0.4) is 0 Å². The van der Waals surface area contributed by atoms with Gasteiger partial charge in [0.25, 0.3) is 0 Å². The standard InChI is InChI=1S/C10H21O4PSi/c1-6-13-15(12,14-7-2)10(11)8-9-16(3,4)5/h10-11H,6-7H2,1-5H3. The van der Waals surface area contributed by atoms with Crippen LogP contribution in [0.1, 0.15) is 13.8 Å². The molecular weight excluding hydrogens is 243 g/mol. The zero-order valence-electron chi connectivity index (χ0n) is 10.6. The Morgan fingerprint density at radius 2 is 1.69 bits per heavy atom. The summed E-state index contributed by atoms with van der Waals surface area (Å²) in [5.41, 5.74) is 2.95. The maximum atomic E-state index is 12.0. The molecule has 0 aliphatic carbocycles. The van der Waals surface area contributed by atoms with Gasteiger partial charge in [-0.25, -0.2) is 0 Å². The molecule has 0 aliphatic rings. The van der Waals surface area contributed by atoms with E-state index in [4.69, 9.17) is 9.05 Å². The van der Waals surface area contributed by atoms with Crippen molar-refractivity contribution in [2.24, 2.45) is 0 Å². The highest BCUT2D eigenvalue weighted by Crippen LogP contribution is 2.51. The van der Waals surface area contributed by atoms with Crippen molar-refractivity contribution < 1.29 is 18.7 Å². The third-order valence-corrected chi connectivity index (χ3v) is 4.35. The molecule has 0 aromatic heterocycles. The topological polar surface area (TPSA) is 55.8 Å². The van der Waals surface area contributed by atoms with Crippen LogP contribution in [0.15, 0.2) is 0 Å². The monoisotopic (exact) mass is 264 g/mol. The van der Waals surface area contributed by atoms with Gasteiger partial charge in [0.1, 0.15) is 8.07 Å². The maximum Gasteiger partial charge on any atom is 0.371 e. The summed E-state index contributed by atoms with van der Waals surface area (Å²) in [6.45, 7) is 9.97. The molecule has 0 aromatic rings. The molecule has 4 nitrogen and oxygen atoms in total. The van der Waals surface area contributed by atoms with Gasteiger partial charge in [0, 0.05) is 0 Å². The predicted molar refractivity (Wildman–Crippen MR) is 68.0 cm³/mol. The molecule has 0 amide bonds. The minimum Gasteiger partial charge on any atom is -0.370 e. The first-order chi connectivity index (χ1) is 7.25. The third-order valence-electron chi connectivity index (χ3n) is 1.49. The number of aliphatic hydroxyl groups is 1. The fraction of sp³-hybridized carbons (Fsp3) is 0.800. The molecule has 0 saturated heterocycles. The van der Waals surface area contributed by atoms with Gasteiger partial charge in [-0.2, -0.15) is 0 Å². The van der Waals surface area contributed by atoms with Gasteiger partial charge in [-0.1, -0.05) is 25.6 Å². The molecule has 0 spiro atoms. The van der Waals surface area contributed by atoms with Gasteiger partial charge >= 0.3 is 7.60 Å². The Morgan fingerprint density at radius 1 is 1.25 bits per heavy atom. The Hall–Kier alpha value is -0.113. The number of hydrogen-bond donors (Lipinski definition) is 1. The van der Waals surface area contributed by atoms with Gasteiger partial charge in [0.15, 0.2) is 0 Å². The van der Waals surface area contributed by atoms with E-state index >= 15 is 0 Å². The van der Waals surface area contributed by atoms with Crippen LogP contribution in [0.2, 0.25) is 19.6 Å².